The van der Waals surface area contributed by atoms with Gasteiger partial charge in [-0.2, -0.15) is 5.10 Å². The van der Waals surface area contributed by atoms with Gasteiger partial charge in [0.25, 0.3) is 5.91 Å². The lowest BCUT2D eigenvalue weighted by Gasteiger charge is -2.07. The maximum absolute atomic E-state index is 13.0. The fourth-order valence-corrected chi connectivity index (χ4v) is 4.68. The van der Waals surface area contributed by atoms with E-state index in [1.807, 2.05) is 61.5 Å². The van der Waals surface area contributed by atoms with Crippen LogP contribution in [0.25, 0.3) is 11.3 Å². The first kappa shape index (κ1) is 22.5. The highest BCUT2D eigenvalue weighted by atomic mass is 32.2. The van der Waals surface area contributed by atoms with Crippen molar-refractivity contribution in [1.29, 1.82) is 0 Å². The summed E-state index contributed by atoms with van der Waals surface area (Å²) in [4.78, 5) is 13.3. The summed E-state index contributed by atoms with van der Waals surface area (Å²) < 4.78 is 26.8. The summed E-state index contributed by atoms with van der Waals surface area (Å²) in [5, 5.41) is 7.42. The molecule has 3 aromatic carbocycles. The van der Waals surface area contributed by atoms with Gasteiger partial charge in [0.15, 0.2) is 9.84 Å². The minimum absolute atomic E-state index is 0.00721. The van der Waals surface area contributed by atoms with Gasteiger partial charge in [-0.25, -0.2) is 8.42 Å². The molecular formula is C26H25N3O3S. The molecule has 0 aliphatic heterocycles. The van der Waals surface area contributed by atoms with Gasteiger partial charge in [-0.1, -0.05) is 78.4 Å². The molecule has 0 atom stereocenters. The smallest absolute Gasteiger partial charge is 0.255 e. The predicted molar refractivity (Wildman–Crippen MR) is 129 cm³/mol. The molecule has 1 heterocycles. The SMILES string of the molecule is Cc1ccc(-c2nn(Cc3ccccc3)cc2C(=O)NCCS(=O)(=O)c2ccccc2)cc1. The molecule has 0 radical (unpaired) electrons. The minimum Gasteiger partial charge on any atom is -0.351 e. The van der Waals surface area contributed by atoms with Gasteiger partial charge in [0.2, 0.25) is 0 Å². The second-order valence-corrected chi connectivity index (χ2v) is 9.94. The quantitative estimate of drug-likeness (QED) is 0.430. The average Bonchev–Trinajstić information content (AvgIpc) is 3.24. The fourth-order valence-electron chi connectivity index (χ4n) is 3.50. The lowest BCUT2D eigenvalue weighted by atomic mass is 10.1. The number of carbonyl (C=O) groups excluding carboxylic acids is 1. The van der Waals surface area contributed by atoms with Crippen LogP contribution in [0.3, 0.4) is 0 Å². The Kier molecular flexibility index (Phi) is 6.70. The summed E-state index contributed by atoms with van der Waals surface area (Å²) in [6.45, 7) is 2.53. The standard InChI is InChI=1S/C26H25N3O3S/c1-20-12-14-22(15-13-20)25-24(19-29(28-25)18-21-8-4-2-5-9-21)26(30)27-16-17-33(31,32)23-10-6-3-7-11-23/h2-15,19H,16-18H2,1H3,(H,27,30). The highest BCUT2D eigenvalue weighted by molar-refractivity contribution is 7.91. The van der Waals surface area contributed by atoms with Gasteiger partial charge >= 0.3 is 0 Å². The van der Waals surface area contributed by atoms with E-state index in [-0.39, 0.29) is 23.1 Å². The Balaban J connectivity index is 1.54. The molecule has 7 heteroatoms. The van der Waals surface area contributed by atoms with Gasteiger partial charge in [-0.05, 0) is 24.6 Å². The molecule has 168 valence electrons. The largest absolute Gasteiger partial charge is 0.351 e. The third-order valence-electron chi connectivity index (χ3n) is 5.28. The summed E-state index contributed by atoms with van der Waals surface area (Å²) in [5.41, 5.74) is 3.98. The van der Waals surface area contributed by atoms with Crippen LogP contribution in [0.4, 0.5) is 0 Å². The molecular weight excluding hydrogens is 434 g/mol. The molecule has 0 saturated heterocycles. The second-order valence-electron chi connectivity index (χ2n) is 7.83. The first-order valence-corrected chi connectivity index (χ1v) is 12.3. The van der Waals surface area contributed by atoms with Crippen molar-refractivity contribution in [3.05, 3.63) is 108 Å². The first-order chi connectivity index (χ1) is 15.9. The summed E-state index contributed by atoms with van der Waals surface area (Å²) in [7, 11) is -3.48. The van der Waals surface area contributed by atoms with Crippen molar-refractivity contribution in [3.8, 4) is 11.3 Å². The third-order valence-corrected chi connectivity index (χ3v) is 7.01. The number of nitrogens with one attached hydrogen (secondary N) is 1. The number of amides is 1. The normalized spacial score (nSPS) is 11.3. The average molecular weight is 460 g/mol. The third kappa shape index (κ3) is 5.56. The Labute approximate surface area is 193 Å². The van der Waals surface area contributed by atoms with E-state index >= 15 is 0 Å². The van der Waals surface area contributed by atoms with Crippen LogP contribution < -0.4 is 5.32 Å². The highest BCUT2D eigenvalue weighted by Crippen LogP contribution is 2.23. The molecule has 0 fully saturated rings. The van der Waals surface area contributed by atoms with E-state index in [0.717, 1.165) is 16.7 Å². The Hall–Kier alpha value is -3.71. The van der Waals surface area contributed by atoms with E-state index in [9.17, 15) is 13.2 Å². The van der Waals surface area contributed by atoms with Gasteiger partial charge in [-0.3, -0.25) is 9.48 Å². The van der Waals surface area contributed by atoms with Crippen LogP contribution in [0.1, 0.15) is 21.5 Å². The number of hydrogen-bond acceptors (Lipinski definition) is 4. The molecule has 0 saturated carbocycles. The van der Waals surface area contributed by atoms with Crippen LogP contribution in [-0.2, 0) is 16.4 Å². The maximum atomic E-state index is 13.0. The molecule has 1 aromatic heterocycles. The molecule has 4 rings (SSSR count). The van der Waals surface area contributed by atoms with Crippen LogP contribution in [0.15, 0.2) is 96.0 Å². The predicted octanol–water partition coefficient (Wildman–Crippen LogP) is 4.11. The van der Waals surface area contributed by atoms with Gasteiger partial charge in [-0.15, -0.1) is 0 Å². The summed E-state index contributed by atoms with van der Waals surface area (Å²) in [6, 6.07) is 25.9. The number of hydrogen-bond donors (Lipinski definition) is 1. The monoisotopic (exact) mass is 459 g/mol. The number of nitrogens with zero attached hydrogens (tertiary/aromatic N) is 2. The number of aryl methyl sites for hydroxylation is 1. The molecule has 0 bridgehead atoms. The molecule has 33 heavy (non-hydrogen) atoms. The van der Waals surface area contributed by atoms with Gasteiger partial charge in [0.05, 0.1) is 22.8 Å². The van der Waals surface area contributed by atoms with Gasteiger partial charge in [0.1, 0.15) is 5.69 Å². The fraction of sp³-hybridized carbons (Fsp3) is 0.154. The van der Waals surface area contributed by atoms with Crippen molar-refractivity contribution >= 4 is 15.7 Å². The molecule has 0 aliphatic carbocycles. The molecule has 0 unspecified atom stereocenters. The summed E-state index contributed by atoms with van der Waals surface area (Å²) in [5.74, 6) is -0.533. The van der Waals surface area contributed by atoms with E-state index < -0.39 is 9.84 Å². The highest BCUT2D eigenvalue weighted by Gasteiger charge is 2.20. The molecule has 0 aliphatic rings. The van der Waals surface area contributed by atoms with Crippen molar-refractivity contribution in [2.24, 2.45) is 0 Å². The van der Waals surface area contributed by atoms with Crippen molar-refractivity contribution in [2.75, 3.05) is 12.3 Å². The van der Waals surface area contributed by atoms with E-state index in [1.54, 1.807) is 41.2 Å². The zero-order valence-electron chi connectivity index (χ0n) is 18.3. The Bertz CT molecular complexity index is 1330. The Morgan fingerprint density at radius 2 is 1.55 bits per heavy atom. The van der Waals surface area contributed by atoms with Crippen LogP contribution in [0.5, 0.6) is 0 Å². The number of rotatable bonds is 8. The molecule has 6 nitrogen and oxygen atoms in total. The number of sulfone groups is 1. The van der Waals surface area contributed by atoms with Crippen LogP contribution in [0.2, 0.25) is 0 Å². The number of benzene rings is 3. The van der Waals surface area contributed by atoms with E-state index in [2.05, 4.69) is 10.4 Å². The lowest BCUT2D eigenvalue weighted by molar-refractivity contribution is 0.0956. The second kappa shape index (κ2) is 9.83. The lowest BCUT2D eigenvalue weighted by Crippen LogP contribution is -2.29. The number of carbonyl (C=O) groups is 1. The van der Waals surface area contributed by atoms with Crippen molar-refractivity contribution < 1.29 is 13.2 Å². The topological polar surface area (TPSA) is 81.1 Å². The summed E-state index contributed by atoms with van der Waals surface area (Å²) in [6.07, 6.45) is 1.71. The first-order valence-electron chi connectivity index (χ1n) is 10.7. The van der Waals surface area contributed by atoms with Crippen molar-refractivity contribution in [1.82, 2.24) is 15.1 Å². The minimum atomic E-state index is -3.48. The van der Waals surface area contributed by atoms with Crippen molar-refractivity contribution in [2.45, 2.75) is 18.4 Å². The van der Waals surface area contributed by atoms with Gasteiger partial charge < -0.3 is 5.32 Å². The van der Waals surface area contributed by atoms with E-state index in [1.165, 1.54) is 0 Å². The molecule has 4 aromatic rings. The molecule has 1 amide bonds. The summed E-state index contributed by atoms with van der Waals surface area (Å²) >= 11 is 0. The van der Waals surface area contributed by atoms with Gasteiger partial charge in [0, 0.05) is 18.3 Å². The Morgan fingerprint density at radius 3 is 2.21 bits per heavy atom. The zero-order valence-corrected chi connectivity index (χ0v) is 19.1. The number of aromatic nitrogens is 2. The molecule has 0 spiro atoms. The van der Waals surface area contributed by atoms with Crippen LogP contribution in [-0.4, -0.2) is 36.4 Å². The van der Waals surface area contributed by atoms with Crippen LogP contribution in [0, 0.1) is 6.92 Å². The van der Waals surface area contributed by atoms with E-state index in [4.69, 9.17) is 0 Å². The Morgan fingerprint density at radius 1 is 0.909 bits per heavy atom. The van der Waals surface area contributed by atoms with E-state index in [0.29, 0.717) is 17.8 Å². The van der Waals surface area contributed by atoms with Crippen LogP contribution >= 0.6 is 0 Å². The molecule has 1 N–H and O–H groups in total. The maximum Gasteiger partial charge on any atom is 0.255 e. The van der Waals surface area contributed by atoms with Crippen molar-refractivity contribution in [3.63, 3.8) is 0 Å². The zero-order chi connectivity index (χ0) is 23.3.